The number of nitrogens with zero attached hydrogens (tertiary/aromatic N) is 2. The maximum absolute atomic E-state index is 11.9. The third-order valence-electron chi connectivity index (χ3n) is 2.75. The largest absolute Gasteiger partial charge is 0.347 e. The summed E-state index contributed by atoms with van der Waals surface area (Å²) in [4.78, 5) is 19.9. The second-order valence-corrected chi connectivity index (χ2v) is 4.06. The van der Waals surface area contributed by atoms with Gasteiger partial charge in [-0.3, -0.25) is 15.6 Å². The van der Waals surface area contributed by atoms with Gasteiger partial charge in [-0.25, -0.2) is 4.98 Å². The van der Waals surface area contributed by atoms with Crippen molar-refractivity contribution < 1.29 is 4.79 Å². The van der Waals surface area contributed by atoms with E-state index in [1.54, 1.807) is 24.5 Å². The van der Waals surface area contributed by atoms with Crippen molar-refractivity contribution in [3.8, 4) is 0 Å². The third kappa shape index (κ3) is 3.26. The molecule has 0 aromatic carbocycles. The Morgan fingerprint density at radius 2 is 2.16 bits per heavy atom. The van der Waals surface area contributed by atoms with Crippen LogP contribution >= 0.6 is 0 Å². The molecule has 6 nitrogen and oxygen atoms in total. The smallest absolute Gasteiger partial charge is 0.270 e. The number of amides is 1. The van der Waals surface area contributed by atoms with Gasteiger partial charge in [0.05, 0.1) is 11.9 Å². The van der Waals surface area contributed by atoms with Gasteiger partial charge in [-0.1, -0.05) is 0 Å². The fourth-order valence-electron chi connectivity index (χ4n) is 1.56. The van der Waals surface area contributed by atoms with Crippen LogP contribution in [0.5, 0.6) is 0 Å². The highest BCUT2D eigenvalue weighted by Gasteiger charge is 2.07. The molecule has 2 aromatic rings. The Hall–Kier alpha value is -2.47. The van der Waals surface area contributed by atoms with Crippen LogP contribution in [0.25, 0.3) is 0 Å². The molecular weight excluding hydrogens is 242 g/mol. The van der Waals surface area contributed by atoms with Crippen LogP contribution < -0.4 is 16.6 Å². The molecule has 0 saturated carbocycles. The molecule has 19 heavy (non-hydrogen) atoms. The molecule has 0 saturated heterocycles. The first-order chi connectivity index (χ1) is 9.20. The molecule has 2 heterocycles. The first-order valence-electron chi connectivity index (χ1n) is 5.81. The lowest BCUT2D eigenvalue weighted by Gasteiger charge is -2.07. The Labute approximate surface area is 111 Å². The lowest BCUT2D eigenvalue weighted by molar-refractivity contribution is 0.0946. The van der Waals surface area contributed by atoms with Crippen LogP contribution in [0.4, 0.5) is 5.69 Å². The van der Waals surface area contributed by atoms with E-state index in [0.717, 1.165) is 11.1 Å². The number of pyridine rings is 2. The highest BCUT2D eigenvalue weighted by molar-refractivity contribution is 5.92. The zero-order valence-electron chi connectivity index (χ0n) is 10.6. The van der Waals surface area contributed by atoms with Gasteiger partial charge in [-0.05, 0) is 36.2 Å². The van der Waals surface area contributed by atoms with Crippen molar-refractivity contribution in [2.24, 2.45) is 5.84 Å². The number of nitrogen functional groups attached to an aromatic ring is 1. The molecule has 0 aliphatic heterocycles. The van der Waals surface area contributed by atoms with E-state index in [9.17, 15) is 4.79 Å². The average Bonchev–Trinajstić information content (AvgIpc) is 2.46. The fourth-order valence-corrected chi connectivity index (χ4v) is 1.56. The first-order valence-corrected chi connectivity index (χ1v) is 5.81. The van der Waals surface area contributed by atoms with E-state index in [2.05, 4.69) is 20.7 Å². The molecule has 2 aromatic heterocycles. The zero-order valence-corrected chi connectivity index (χ0v) is 10.6. The fraction of sp³-hybridized carbons (Fsp3) is 0.154. The summed E-state index contributed by atoms with van der Waals surface area (Å²) in [5.74, 6) is 5.00. The minimum Gasteiger partial charge on any atom is -0.347 e. The Kier molecular flexibility index (Phi) is 4.04. The van der Waals surface area contributed by atoms with Crippen molar-refractivity contribution in [2.75, 3.05) is 5.43 Å². The molecule has 0 fully saturated rings. The Bertz CT molecular complexity index is 568. The molecular formula is C13H15N5O. The second kappa shape index (κ2) is 5.92. The third-order valence-corrected chi connectivity index (χ3v) is 2.75. The Morgan fingerprint density at radius 1 is 1.32 bits per heavy atom. The van der Waals surface area contributed by atoms with Crippen molar-refractivity contribution in [3.05, 3.63) is 53.6 Å². The number of anilines is 1. The summed E-state index contributed by atoms with van der Waals surface area (Å²) < 4.78 is 0. The molecule has 0 atom stereocenters. The summed E-state index contributed by atoms with van der Waals surface area (Å²) in [5, 5.41) is 2.80. The van der Waals surface area contributed by atoms with E-state index in [1.165, 1.54) is 6.20 Å². The van der Waals surface area contributed by atoms with Crippen LogP contribution in [0, 0.1) is 6.92 Å². The van der Waals surface area contributed by atoms with Gasteiger partial charge < -0.3 is 10.7 Å². The van der Waals surface area contributed by atoms with Gasteiger partial charge in [-0.2, -0.15) is 0 Å². The van der Waals surface area contributed by atoms with Crippen molar-refractivity contribution in [1.82, 2.24) is 15.3 Å². The standard InChI is InChI=1S/C13H15N5O/c1-9-4-5-15-6-10(9)7-17-13(19)12-3-2-11(18-14)8-16-12/h2-6,8,18H,7,14H2,1H3,(H,17,19). The van der Waals surface area contributed by atoms with Crippen LogP contribution in [0.1, 0.15) is 21.6 Å². The van der Waals surface area contributed by atoms with Gasteiger partial charge in [0, 0.05) is 18.9 Å². The Morgan fingerprint density at radius 3 is 2.79 bits per heavy atom. The summed E-state index contributed by atoms with van der Waals surface area (Å²) in [6, 6.07) is 5.21. The van der Waals surface area contributed by atoms with Crippen LogP contribution in [-0.2, 0) is 6.54 Å². The SMILES string of the molecule is Cc1ccncc1CNC(=O)c1ccc(NN)cn1. The predicted octanol–water partition coefficient (Wildman–Crippen LogP) is 1.00. The number of nitrogens with one attached hydrogen (secondary N) is 2. The number of carbonyl (C=O) groups excluding carboxylic acids is 1. The van der Waals surface area contributed by atoms with E-state index >= 15 is 0 Å². The topological polar surface area (TPSA) is 92.9 Å². The van der Waals surface area contributed by atoms with Crippen molar-refractivity contribution >= 4 is 11.6 Å². The molecule has 0 aliphatic carbocycles. The molecule has 0 aliphatic rings. The van der Waals surface area contributed by atoms with Crippen LogP contribution in [0.3, 0.4) is 0 Å². The van der Waals surface area contributed by atoms with Gasteiger partial charge in [0.25, 0.3) is 5.91 Å². The maximum Gasteiger partial charge on any atom is 0.270 e. The summed E-state index contributed by atoms with van der Waals surface area (Å²) in [6.07, 6.45) is 4.97. The average molecular weight is 257 g/mol. The number of carbonyl (C=O) groups is 1. The molecule has 98 valence electrons. The predicted molar refractivity (Wildman–Crippen MR) is 72.2 cm³/mol. The maximum atomic E-state index is 11.9. The van der Waals surface area contributed by atoms with Crippen LogP contribution in [-0.4, -0.2) is 15.9 Å². The second-order valence-electron chi connectivity index (χ2n) is 4.06. The Balaban J connectivity index is 1.99. The number of nitrogens with two attached hydrogens (primary N) is 1. The number of aromatic nitrogens is 2. The lowest BCUT2D eigenvalue weighted by atomic mass is 10.1. The monoisotopic (exact) mass is 257 g/mol. The van der Waals surface area contributed by atoms with Crippen molar-refractivity contribution in [1.29, 1.82) is 0 Å². The van der Waals surface area contributed by atoms with Gasteiger partial charge >= 0.3 is 0 Å². The number of hydrazine groups is 1. The van der Waals surface area contributed by atoms with Crippen LogP contribution in [0.2, 0.25) is 0 Å². The van der Waals surface area contributed by atoms with Gasteiger partial charge in [-0.15, -0.1) is 0 Å². The number of rotatable bonds is 4. The van der Waals surface area contributed by atoms with Crippen molar-refractivity contribution in [2.45, 2.75) is 13.5 Å². The van der Waals surface area contributed by atoms with Crippen molar-refractivity contribution in [3.63, 3.8) is 0 Å². The number of hydrogen-bond donors (Lipinski definition) is 3. The number of hydrogen-bond acceptors (Lipinski definition) is 5. The molecule has 2 rings (SSSR count). The highest BCUT2D eigenvalue weighted by atomic mass is 16.1. The molecule has 0 radical (unpaired) electrons. The minimum absolute atomic E-state index is 0.230. The summed E-state index contributed by atoms with van der Waals surface area (Å²) in [5.41, 5.74) is 5.53. The first kappa shape index (κ1) is 13.0. The van der Waals surface area contributed by atoms with E-state index in [4.69, 9.17) is 5.84 Å². The summed E-state index contributed by atoms with van der Waals surface area (Å²) >= 11 is 0. The van der Waals surface area contributed by atoms with E-state index < -0.39 is 0 Å². The van der Waals surface area contributed by atoms with Crippen LogP contribution in [0.15, 0.2) is 36.8 Å². The molecule has 4 N–H and O–H groups in total. The molecule has 0 spiro atoms. The van der Waals surface area contributed by atoms with E-state index in [1.807, 2.05) is 13.0 Å². The normalized spacial score (nSPS) is 10.0. The summed E-state index contributed by atoms with van der Waals surface area (Å²) in [7, 11) is 0. The van der Waals surface area contributed by atoms with E-state index in [0.29, 0.717) is 17.9 Å². The van der Waals surface area contributed by atoms with Gasteiger partial charge in [0.15, 0.2) is 0 Å². The molecule has 6 heteroatoms. The summed E-state index contributed by atoms with van der Waals surface area (Å²) in [6.45, 7) is 2.40. The molecule has 0 unspecified atom stereocenters. The minimum atomic E-state index is -0.230. The quantitative estimate of drug-likeness (QED) is 0.561. The zero-order chi connectivity index (χ0) is 13.7. The molecule has 1 amide bonds. The highest BCUT2D eigenvalue weighted by Crippen LogP contribution is 2.06. The van der Waals surface area contributed by atoms with E-state index in [-0.39, 0.29) is 5.91 Å². The van der Waals surface area contributed by atoms with Gasteiger partial charge in [0.1, 0.15) is 5.69 Å². The number of aryl methyl sites for hydroxylation is 1. The lowest BCUT2D eigenvalue weighted by Crippen LogP contribution is -2.24. The van der Waals surface area contributed by atoms with Gasteiger partial charge in [0.2, 0.25) is 0 Å². The molecule has 0 bridgehead atoms.